The molecule has 53 heavy (non-hydrogen) atoms. The van der Waals surface area contributed by atoms with Crippen LogP contribution >= 0.6 is 0 Å². The molecule has 7 fully saturated rings. The minimum absolute atomic E-state index is 0.0162. The molecule has 22 atom stereocenters. The Labute approximate surface area is 311 Å². The number of allylic oxidation sites excluding steroid dienone is 1. The molecular weight excluding hydrogens is 692 g/mol. The average molecular weight is 755 g/mol. The number of ether oxygens (including phenoxy) is 6. The summed E-state index contributed by atoms with van der Waals surface area (Å²) in [6.45, 7) is 10.6. The summed E-state index contributed by atoms with van der Waals surface area (Å²) in [5.74, 6) is 0.897. The van der Waals surface area contributed by atoms with Gasteiger partial charge in [0, 0.05) is 24.2 Å². The van der Waals surface area contributed by atoms with Crippen molar-refractivity contribution in [1.29, 1.82) is 0 Å². The molecule has 0 amide bonds. The Bertz CT molecular complexity index is 1390. The summed E-state index contributed by atoms with van der Waals surface area (Å²) in [7, 11) is 0. The number of aliphatic hydroxyl groups is 8. The summed E-state index contributed by atoms with van der Waals surface area (Å²) < 4.78 is 37.2. The molecule has 0 aromatic heterocycles. The fourth-order valence-corrected chi connectivity index (χ4v) is 12.4. The van der Waals surface area contributed by atoms with E-state index in [0.29, 0.717) is 24.7 Å². The molecule has 4 aliphatic carbocycles. The lowest BCUT2D eigenvalue weighted by atomic mass is 9.45. The summed E-state index contributed by atoms with van der Waals surface area (Å²) in [5.41, 5.74) is -0.997. The Morgan fingerprint density at radius 1 is 0.811 bits per heavy atom. The van der Waals surface area contributed by atoms with Gasteiger partial charge in [-0.05, 0) is 74.5 Å². The average Bonchev–Trinajstić information content (AvgIpc) is 3.57. The highest BCUT2D eigenvalue weighted by Gasteiger charge is 2.70. The largest absolute Gasteiger partial charge is 0.394 e. The zero-order valence-corrected chi connectivity index (χ0v) is 31.6. The van der Waals surface area contributed by atoms with Gasteiger partial charge < -0.3 is 69.3 Å². The first-order chi connectivity index (χ1) is 25.0. The van der Waals surface area contributed by atoms with Crippen molar-refractivity contribution in [1.82, 2.24) is 0 Å². The summed E-state index contributed by atoms with van der Waals surface area (Å²) in [6.07, 6.45) is -8.41. The van der Waals surface area contributed by atoms with Crippen molar-refractivity contribution in [2.75, 3.05) is 13.2 Å². The molecular formula is C39H62O14. The quantitative estimate of drug-likeness (QED) is 0.179. The predicted molar refractivity (Wildman–Crippen MR) is 184 cm³/mol. The molecule has 3 saturated carbocycles. The van der Waals surface area contributed by atoms with Gasteiger partial charge in [0.05, 0.1) is 31.5 Å². The van der Waals surface area contributed by atoms with Gasteiger partial charge in [0.1, 0.15) is 54.4 Å². The van der Waals surface area contributed by atoms with Crippen LogP contribution in [0.1, 0.15) is 86.0 Å². The second kappa shape index (κ2) is 13.6. The maximum atomic E-state index is 12.6. The third kappa shape index (κ3) is 5.79. The number of hydrogen-bond donors (Lipinski definition) is 8. The van der Waals surface area contributed by atoms with Crippen LogP contribution in [0.5, 0.6) is 0 Å². The van der Waals surface area contributed by atoms with Gasteiger partial charge in [0.2, 0.25) is 0 Å². The molecule has 0 aromatic rings. The summed E-state index contributed by atoms with van der Waals surface area (Å²) in [5, 5.41) is 87.4. The lowest BCUT2D eigenvalue weighted by Crippen LogP contribution is -2.67. The van der Waals surface area contributed by atoms with Crippen LogP contribution in [0.25, 0.3) is 0 Å². The Balaban J connectivity index is 1.01. The van der Waals surface area contributed by atoms with Crippen molar-refractivity contribution < 1.29 is 69.3 Å². The molecule has 0 aromatic carbocycles. The van der Waals surface area contributed by atoms with Crippen molar-refractivity contribution in [2.24, 2.45) is 40.4 Å². The van der Waals surface area contributed by atoms with Gasteiger partial charge in [-0.15, -0.1) is 0 Å². The standard InChI is InChI=1S/C39H62O14/c1-17-6-11-39(48-16-17)18(2)27-24(53-39)13-23-21-12-26(41)38(47)14-20(7-10-37(38,5)22(21)8-9-36(23,27)4)50-35-33(31(45)29(43)25(15-40)51-35)52-34-32(46)30(44)28(42)19(3)49-34/h12,17-20,22-35,40-47H,6-11,13-16H2,1-5H3/t17-,18+,19+,20+,22+,23+,24+,25-,26-,27+,28+,29-,30-,31+,32-,33-,34+,35-,36+,37-,38+,39-/m1/s1. The molecule has 14 heteroatoms. The normalized spacial score (nSPS) is 59.5. The maximum Gasteiger partial charge on any atom is 0.187 e. The molecule has 8 N–H and O–H groups in total. The molecule has 0 radical (unpaired) electrons. The highest BCUT2D eigenvalue weighted by Crippen LogP contribution is 2.71. The summed E-state index contributed by atoms with van der Waals surface area (Å²) in [6, 6.07) is 0. The first-order valence-corrected chi connectivity index (χ1v) is 20.0. The van der Waals surface area contributed by atoms with Gasteiger partial charge >= 0.3 is 0 Å². The van der Waals surface area contributed by atoms with Crippen LogP contribution in [0.15, 0.2) is 11.6 Å². The first kappa shape index (κ1) is 39.0. The van der Waals surface area contributed by atoms with E-state index in [4.69, 9.17) is 28.4 Å². The Hall–Kier alpha value is -0.820. The number of fused-ring (bicyclic) bond motifs is 7. The molecule has 1 spiro atoms. The van der Waals surface area contributed by atoms with Crippen molar-refractivity contribution in [3.63, 3.8) is 0 Å². The molecule has 4 saturated heterocycles. The zero-order valence-electron chi connectivity index (χ0n) is 31.6. The van der Waals surface area contributed by atoms with Gasteiger partial charge in [0.15, 0.2) is 18.4 Å². The van der Waals surface area contributed by atoms with E-state index in [1.165, 1.54) is 12.5 Å². The lowest BCUT2D eigenvalue weighted by Gasteiger charge is -2.62. The minimum atomic E-state index is -1.69. The molecule has 0 unspecified atom stereocenters. The molecule has 8 aliphatic rings. The molecule has 0 bridgehead atoms. The Morgan fingerprint density at radius 3 is 2.26 bits per heavy atom. The van der Waals surface area contributed by atoms with Crippen molar-refractivity contribution in [2.45, 2.75) is 177 Å². The summed E-state index contributed by atoms with van der Waals surface area (Å²) in [4.78, 5) is 0. The Morgan fingerprint density at radius 2 is 1.57 bits per heavy atom. The van der Waals surface area contributed by atoms with Gasteiger partial charge in [0.25, 0.3) is 0 Å². The van der Waals surface area contributed by atoms with Crippen molar-refractivity contribution >= 4 is 0 Å². The van der Waals surface area contributed by atoms with Crippen LogP contribution in [0.4, 0.5) is 0 Å². The summed E-state index contributed by atoms with van der Waals surface area (Å²) >= 11 is 0. The van der Waals surface area contributed by atoms with E-state index in [0.717, 1.165) is 38.7 Å². The zero-order chi connectivity index (χ0) is 38.0. The van der Waals surface area contributed by atoms with Crippen LogP contribution in [-0.2, 0) is 28.4 Å². The van der Waals surface area contributed by atoms with Crippen LogP contribution in [0.2, 0.25) is 0 Å². The highest BCUT2D eigenvalue weighted by atomic mass is 16.8. The van der Waals surface area contributed by atoms with E-state index >= 15 is 0 Å². The Kier molecular flexibility index (Phi) is 10.0. The van der Waals surface area contributed by atoms with E-state index in [2.05, 4.69) is 27.7 Å². The first-order valence-electron chi connectivity index (χ1n) is 20.0. The maximum absolute atomic E-state index is 12.6. The van der Waals surface area contributed by atoms with E-state index in [1.54, 1.807) is 0 Å². The minimum Gasteiger partial charge on any atom is -0.394 e. The topological polar surface area (TPSA) is 217 Å². The van der Waals surface area contributed by atoms with Gasteiger partial charge in [-0.3, -0.25) is 0 Å². The van der Waals surface area contributed by atoms with E-state index < -0.39 is 97.0 Å². The number of rotatable bonds is 5. The molecule has 4 heterocycles. The van der Waals surface area contributed by atoms with Gasteiger partial charge in [-0.2, -0.15) is 0 Å². The van der Waals surface area contributed by atoms with Crippen LogP contribution in [0, 0.1) is 40.4 Å². The molecule has 302 valence electrons. The predicted octanol–water partition coefficient (Wildman–Crippen LogP) is 0.476. The third-order valence-electron chi connectivity index (χ3n) is 15.8. The van der Waals surface area contributed by atoms with E-state index in [-0.39, 0.29) is 35.7 Å². The monoisotopic (exact) mass is 754 g/mol. The lowest BCUT2D eigenvalue weighted by molar-refractivity contribution is -0.372. The van der Waals surface area contributed by atoms with Gasteiger partial charge in [-0.25, -0.2) is 0 Å². The molecule has 8 rings (SSSR count). The van der Waals surface area contributed by atoms with Gasteiger partial charge in [-0.1, -0.05) is 39.3 Å². The second-order valence-corrected chi connectivity index (χ2v) is 18.6. The van der Waals surface area contributed by atoms with Crippen LogP contribution in [-0.4, -0.2) is 145 Å². The molecule has 14 nitrogen and oxygen atoms in total. The third-order valence-corrected chi connectivity index (χ3v) is 15.8. The highest BCUT2D eigenvalue weighted by molar-refractivity contribution is 5.34. The molecule has 4 aliphatic heterocycles. The fraction of sp³-hybridized carbons (Fsp3) is 0.949. The van der Waals surface area contributed by atoms with E-state index in [9.17, 15) is 40.9 Å². The van der Waals surface area contributed by atoms with Crippen LogP contribution in [0.3, 0.4) is 0 Å². The van der Waals surface area contributed by atoms with E-state index in [1.807, 2.05) is 6.08 Å². The fourth-order valence-electron chi connectivity index (χ4n) is 12.4. The van der Waals surface area contributed by atoms with Crippen molar-refractivity contribution in [3.8, 4) is 0 Å². The SMILES string of the molecule is C[C@@H]1CC[C@@]2(OC1)O[C@H]1C[C@H]3C4=C[C@@H](O)[C@@]5(O)C[C@@H](O[C@@H]6O[C@H](CO)[C@@H](O)[C@H](O)[C@H]6O[C@@H]6O[C@@H](C)[C@H](O)[C@@H](O)[C@H]6O)CC[C@]5(C)[C@H]4CC[C@]3(C)[C@H]1[C@@H]2C. The van der Waals surface area contributed by atoms with Crippen molar-refractivity contribution in [3.05, 3.63) is 11.6 Å². The number of hydrogen-bond acceptors (Lipinski definition) is 14. The second-order valence-electron chi connectivity index (χ2n) is 18.6. The van der Waals surface area contributed by atoms with Crippen LogP contribution < -0.4 is 0 Å². The number of aliphatic hydroxyl groups excluding tert-OH is 7. The smallest absolute Gasteiger partial charge is 0.187 e.